The van der Waals surface area contributed by atoms with Crippen LogP contribution in [0.4, 0.5) is 38.1 Å². The van der Waals surface area contributed by atoms with Crippen molar-refractivity contribution >= 4 is 17.4 Å². The molecule has 0 atom stereocenters. The Labute approximate surface area is 196 Å². The molecule has 0 bridgehead atoms. The number of amides is 2. The first-order valence-electron chi connectivity index (χ1n) is 10.0. The number of halogens is 5. The fourth-order valence-corrected chi connectivity index (χ4v) is 3.32. The number of hydrogen-bond donors (Lipinski definition) is 3. The highest BCUT2D eigenvalue weighted by molar-refractivity contribution is 6.01. The molecule has 0 unspecified atom stereocenters. The van der Waals surface area contributed by atoms with E-state index in [0.29, 0.717) is 0 Å². The summed E-state index contributed by atoms with van der Waals surface area (Å²) in [5, 5.41) is 18.8. The van der Waals surface area contributed by atoms with Crippen molar-refractivity contribution in [1.82, 2.24) is 20.2 Å². The highest BCUT2D eigenvalue weighted by Crippen LogP contribution is 2.33. The third kappa shape index (κ3) is 5.82. The van der Waals surface area contributed by atoms with Gasteiger partial charge in [0.15, 0.2) is 0 Å². The lowest BCUT2D eigenvalue weighted by molar-refractivity contribution is 0.0688. The molecule has 14 heteroatoms. The number of anilines is 2. The maximum atomic E-state index is 13.6. The molecule has 2 heterocycles. The number of rotatable bonds is 8. The van der Waals surface area contributed by atoms with E-state index in [-0.39, 0.29) is 28.6 Å². The van der Waals surface area contributed by atoms with E-state index in [1.807, 2.05) is 0 Å². The summed E-state index contributed by atoms with van der Waals surface area (Å²) in [5.41, 5.74) is -3.69. The molecule has 9 nitrogen and oxygen atoms in total. The van der Waals surface area contributed by atoms with E-state index < -0.39 is 48.1 Å². The Morgan fingerprint density at radius 2 is 1.86 bits per heavy atom. The van der Waals surface area contributed by atoms with Crippen LogP contribution in [0.15, 0.2) is 30.6 Å². The molecule has 0 spiro atoms. The number of nitrogens with one attached hydrogen (secondary N) is 2. The summed E-state index contributed by atoms with van der Waals surface area (Å²) in [4.78, 5) is 21.9. The zero-order valence-corrected chi connectivity index (χ0v) is 18.7. The first kappa shape index (κ1) is 25.8. The topological polar surface area (TPSA) is 116 Å². The Morgan fingerprint density at radius 1 is 1.20 bits per heavy atom. The maximum absolute atomic E-state index is 13.6. The van der Waals surface area contributed by atoms with E-state index in [1.54, 1.807) is 0 Å². The number of aromatic amines is 1. The first-order chi connectivity index (χ1) is 16.4. The lowest BCUT2D eigenvalue weighted by atomic mass is 9.95. The molecule has 1 aromatic carbocycles. The summed E-state index contributed by atoms with van der Waals surface area (Å²) >= 11 is 0. The predicted octanol–water partition coefficient (Wildman–Crippen LogP) is 4.69. The summed E-state index contributed by atoms with van der Waals surface area (Å²) in [6, 6.07) is 1.69. The summed E-state index contributed by atoms with van der Waals surface area (Å²) in [6.07, 6.45) is -3.73. The number of ether oxygens (including phenoxy) is 1. The van der Waals surface area contributed by atoms with E-state index >= 15 is 0 Å². The van der Waals surface area contributed by atoms with Crippen LogP contribution in [0, 0.1) is 5.82 Å². The maximum Gasteiger partial charge on any atom is 0.326 e. The summed E-state index contributed by atoms with van der Waals surface area (Å²) in [7, 11) is 1.32. The number of alkyl halides is 4. The molecule has 0 aliphatic carbocycles. The van der Waals surface area contributed by atoms with Crippen molar-refractivity contribution in [2.45, 2.75) is 38.8 Å². The fraction of sp³-hybridized carbons (Fsp3) is 0.333. The van der Waals surface area contributed by atoms with Crippen molar-refractivity contribution in [2.75, 3.05) is 17.3 Å². The van der Waals surface area contributed by atoms with Gasteiger partial charge in [0.05, 0.1) is 48.6 Å². The van der Waals surface area contributed by atoms with Crippen LogP contribution in [0.1, 0.15) is 49.2 Å². The van der Waals surface area contributed by atoms with Gasteiger partial charge < -0.3 is 15.2 Å². The van der Waals surface area contributed by atoms with Crippen LogP contribution < -0.4 is 15.0 Å². The Bertz CT molecular complexity index is 1180. The SMILES string of the molecule is COc1ncc(N(Cc2[nH]nc(C(F)F)c2C(C)(C)O)C(=O)Nc2ccc(F)c(C(F)F)c2)cn1. The molecule has 3 aromatic rings. The predicted molar refractivity (Wildman–Crippen MR) is 114 cm³/mol. The van der Waals surface area contributed by atoms with Crippen molar-refractivity contribution in [2.24, 2.45) is 0 Å². The first-order valence-corrected chi connectivity index (χ1v) is 10.0. The minimum Gasteiger partial charge on any atom is -0.467 e. The number of aliphatic hydroxyl groups is 1. The quantitative estimate of drug-likeness (QED) is 0.387. The van der Waals surface area contributed by atoms with Gasteiger partial charge in [-0.3, -0.25) is 10.00 Å². The van der Waals surface area contributed by atoms with Crippen LogP contribution in [-0.4, -0.2) is 38.4 Å². The molecule has 0 saturated carbocycles. The number of hydrogen-bond acceptors (Lipinski definition) is 6. The molecule has 3 N–H and O–H groups in total. The highest BCUT2D eigenvalue weighted by atomic mass is 19.3. The second-order valence-electron chi connectivity index (χ2n) is 7.80. The lowest BCUT2D eigenvalue weighted by Gasteiger charge is -2.25. The largest absolute Gasteiger partial charge is 0.467 e. The number of aromatic nitrogens is 4. The molecule has 3 rings (SSSR count). The third-order valence-electron chi connectivity index (χ3n) is 4.84. The van der Waals surface area contributed by atoms with Gasteiger partial charge in [0, 0.05) is 11.3 Å². The van der Waals surface area contributed by atoms with Crippen molar-refractivity contribution in [1.29, 1.82) is 0 Å². The van der Waals surface area contributed by atoms with Gasteiger partial charge in [-0.1, -0.05) is 0 Å². The van der Waals surface area contributed by atoms with Gasteiger partial charge in [0.25, 0.3) is 12.9 Å². The molecule has 0 saturated heterocycles. The second kappa shape index (κ2) is 10.2. The Hall–Kier alpha value is -3.81. The minimum atomic E-state index is -3.12. The molecule has 188 valence electrons. The van der Waals surface area contributed by atoms with E-state index in [0.717, 1.165) is 23.1 Å². The van der Waals surface area contributed by atoms with Crippen molar-refractivity contribution in [3.05, 3.63) is 58.9 Å². The smallest absolute Gasteiger partial charge is 0.326 e. The molecule has 0 radical (unpaired) electrons. The van der Waals surface area contributed by atoms with Crippen LogP contribution in [0.5, 0.6) is 6.01 Å². The normalized spacial score (nSPS) is 11.7. The van der Waals surface area contributed by atoms with Crippen molar-refractivity contribution < 1.29 is 36.6 Å². The van der Waals surface area contributed by atoms with Crippen LogP contribution in [0.25, 0.3) is 0 Å². The van der Waals surface area contributed by atoms with Gasteiger partial charge in [0.1, 0.15) is 11.5 Å². The van der Waals surface area contributed by atoms with Crippen molar-refractivity contribution in [3.8, 4) is 6.01 Å². The molecule has 2 amide bonds. The zero-order valence-electron chi connectivity index (χ0n) is 18.7. The van der Waals surface area contributed by atoms with Gasteiger partial charge in [-0.05, 0) is 32.0 Å². The minimum absolute atomic E-state index is 0.0204. The molecular formula is C21H21F5N6O3. The van der Waals surface area contributed by atoms with Crippen LogP contribution in [0.3, 0.4) is 0 Å². The van der Waals surface area contributed by atoms with E-state index in [1.165, 1.54) is 33.4 Å². The zero-order chi connectivity index (χ0) is 25.9. The van der Waals surface area contributed by atoms with Crippen LogP contribution in [0.2, 0.25) is 0 Å². The van der Waals surface area contributed by atoms with Crippen molar-refractivity contribution in [3.63, 3.8) is 0 Å². The Kier molecular flexibility index (Phi) is 7.53. The van der Waals surface area contributed by atoms with Gasteiger partial charge in [-0.25, -0.2) is 36.7 Å². The number of benzene rings is 1. The monoisotopic (exact) mass is 500 g/mol. The van der Waals surface area contributed by atoms with E-state index in [2.05, 4.69) is 25.5 Å². The molecular weight excluding hydrogens is 479 g/mol. The summed E-state index contributed by atoms with van der Waals surface area (Å²) < 4.78 is 71.6. The molecule has 35 heavy (non-hydrogen) atoms. The number of methoxy groups -OCH3 is 1. The second-order valence-corrected chi connectivity index (χ2v) is 7.80. The Morgan fingerprint density at radius 3 is 2.40 bits per heavy atom. The van der Waals surface area contributed by atoms with E-state index in [4.69, 9.17) is 4.74 Å². The van der Waals surface area contributed by atoms with Gasteiger partial charge in [0.2, 0.25) is 0 Å². The molecule has 0 aliphatic rings. The number of urea groups is 1. The average Bonchev–Trinajstić information content (AvgIpc) is 3.23. The molecule has 0 aliphatic heterocycles. The van der Waals surface area contributed by atoms with Gasteiger partial charge >= 0.3 is 12.0 Å². The number of carbonyl (C=O) groups is 1. The lowest BCUT2D eigenvalue weighted by Crippen LogP contribution is -2.36. The fourth-order valence-electron chi connectivity index (χ4n) is 3.32. The van der Waals surface area contributed by atoms with Crippen LogP contribution >= 0.6 is 0 Å². The summed E-state index contributed by atoms with van der Waals surface area (Å²) in [5.74, 6) is -1.15. The Balaban J connectivity index is 2.01. The highest BCUT2D eigenvalue weighted by Gasteiger charge is 2.33. The number of nitrogens with zero attached hydrogens (tertiary/aromatic N) is 4. The summed E-state index contributed by atoms with van der Waals surface area (Å²) in [6.45, 7) is 2.13. The number of carbonyl (C=O) groups excluding carboxylic acids is 1. The average molecular weight is 500 g/mol. The van der Waals surface area contributed by atoms with E-state index in [9.17, 15) is 31.9 Å². The molecule has 2 aromatic heterocycles. The molecule has 0 fully saturated rings. The van der Waals surface area contributed by atoms with Crippen LogP contribution in [-0.2, 0) is 12.1 Å². The third-order valence-corrected chi connectivity index (χ3v) is 4.84. The van der Waals surface area contributed by atoms with Gasteiger partial charge in [-0.2, -0.15) is 5.10 Å². The standard InChI is InChI=1S/C21H21F5N6O3/c1-21(2,34)15-14(30-31-16(15)18(25)26)9-32(11-7-27-19(35-3)28-8-11)20(33)29-10-4-5-13(22)12(6-10)17(23)24/h4-8,17-18,34H,9H2,1-3H3,(H,29,33)(H,30,31). The van der Waals surface area contributed by atoms with Gasteiger partial charge in [-0.15, -0.1) is 0 Å². The number of H-pyrrole nitrogens is 1.